The number of carbonyl (C=O) groups is 8. The van der Waals surface area contributed by atoms with E-state index in [1.807, 2.05) is 6.07 Å². The molecule has 0 unspecified atom stereocenters. The summed E-state index contributed by atoms with van der Waals surface area (Å²) in [5, 5.41) is 46.4. The molecule has 26 nitrogen and oxygen atoms in total. The number of H-pyrrole nitrogens is 2. The number of para-hydroxylation sites is 2. The Kier molecular flexibility index (Phi) is 30.0. The molecule has 84 heavy (non-hydrogen) atoms. The van der Waals surface area contributed by atoms with Crippen molar-refractivity contribution >= 4 is 80.9 Å². The molecule has 0 aliphatic heterocycles. The zero-order valence-corrected chi connectivity index (χ0v) is 47.7. The van der Waals surface area contributed by atoms with Gasteiger partial charge in [-0.25, -0.2) is 4.79 Å². The molecule has 2 heterocycles. The number of aliphatic carboxylic acids is 2. The number of aromatic hydroxyl groups is 1. The van der Waals surface area contributed by atoms with Crippen molar-refractivity contribution in [2.24, 2.45) is 5.73 Å². The first-order chi connectivity index (χ1) is 40.6. The van der Waals surface area contributed by atoms with Crippen molar-refractivity contribution < 1.29 is 82.1 Å². The van der Waals surface area contributed by atoms with Gasteiger partial charge in [0.25, 0.3) is 0 Å². The van der Waals surface area contributed by atoms with Crippen LogP contribution in [0, 0.1) is 0 Å². The number of rotatable bonds is 43. The quantitative estimate of drug-likeness (QED) is 0.0239. The number of phenolic OH excluding ortho intramolecular Hbond substituents is 1. The van der Waals surface area contributed by atoms with Crippen molar-refractivity contribution in [3.63, 3.8) is 0 Å². The Labute approximate surface area is 489 Å². The molecule has 0 saturated heterocycles. The molecular formula is C57H77N9O17S. The fourth-order valence-electron chi connectivity index (χ4n) is 8.48. The Hall–Kier alpha value is -7.63. The Morgan fingerprint density at radius 3 is 1.49 bits per heavy atom. The first-order valence-electron chi connectivity index (χ1n) is 27.4. The van der Waals surface area contributed by atoms with Gasteiger partial charge in [-0.2, -0.15) is 11.8 Å². The summed E-state index contributed by atoms with van der Waals surface area (Å²) < 4.78 is 32.7. The first kappa shape index (κ1) is 67.2. The summed E-state index contributed by atoms with van der Waals surface area (Å²) in [5.41, 5.74) is 8.57. The van der Waals surface area contributed by atoms with Gasteiger partial charge < -0.3 is 91.3 Å². The van der Waals surface area contributed by atoms with Gasteiger partial charge in [0.2, 0.25) is 35.4 Å². The van der Waals surface area contributed by atoms with Crippen molar-refractivity contribution in [2.75, 3.05) is 104 Å². The van der Waals surface area contributed by atoms with Gasteiger partial charge in [-0.15, -0.1) is 0 Å². The van der Waals surface area contributed by atoms with Crippen LogP contribution in [0.5, 0.6) is 5.75 Å². The third-order valence-corrected chi connectivity index (χ3v) is 13.4. The van der Waals surface area contributed by atoms with E-state index in [9.17, 15) is 53.7 Å². The molecule has 5 aromatic rings. The number of aromatic nitrogens is 2. The van der Waals surface area contributed by atoms with Crippen LogP contribution in [0.3, 0.4) is 0 Å². The lowest BCUT2D eigenvalue weighted by molar-refractivity contribution is -0.142. The predicted molar refractivity (Wildman–Crippen MR) is 310 cm³/mol. The molecule has 0 saturated carbocycles. The number of thioether (sulfide) groups is 1. The maximum absolute atomic E-state index is 14.5. The number of benzene rings is 3. The number of hydrogen-bond donors (Lipinski definition) is 12. The molecule has 0 spiro atoms. The van der Waals surface area contributed by atoms with Crippen molar-refractivity contribution in [3.8, 4) is 5.75 Å². The summed E-state index contributed by atoms with van der Waals surface area (Å²) >= 11 is 1.37. The molecule has 5 rings (SSSR count). The zero-order chi connectivity index (χ0) is 60.5. The second kappa shape index (κ2) is 37.5. The molecule has 0 bridgehead atoms. The summed E-state index contributed by atoms with van der Waals surface area (Å²) in [6, 6.07) is 13.1. The minimum Gasteiger partial charge on any atom is -0.508 e. The normalized spacial score (nSPS) is 13.1. The summed E-state index contributed by atoms with van der Waals surface area (Å²) in [6.45, 7) is 3.78. The van der Waals surface area contributed by atoms with E-state index in [1.54, 1.807) is 73.2 Å². The Morgan fingerprint density at radius 2 is 0.976 bits per heavy atom. The number of aromatic amines is 2. The van der Waals surface area contributed by atoms with Gasteiger partial charge in [-0.1, -0.05) is 48.5 Å². The lowest BCUT2D eigenvalue weighted by atomic mass is 10.0. The van der Waals surface area contributed by atoms with Crippen LogP contribution in [0.15, 0.2) is 85.2 Å². The number of carboxylic acid groups (broad SMARTS) is 2. The van der Waals surface area contributed by atoms with E-state index in [0.29, 0.717) is 99.4 Å². The molecule has 5 atom stereocenters. The molecule has 6 amide bonds. The molecular weight excluding hydrogens is 1110 g/mol. The predicted octanol–water partition coefficient (Wildman–Crippen LogP) is 0.684. The van der Waals surface area contributed by atoms with Gasteiger partial charge in [0.1, 0.15) is 36.0 Å². The number of hydrogen-bond acceptors (Lipinski definition) is 17. The summed E-state index contributed by atoms with van der Waals surface area (Å²) in [6.07, 6.45) is 3.67. The van der Waals surface area contributed by atoms with Crippen molar-refractivity contribution in [1.82, 2.24) is 41.9 Å². The van der Waals surface area contributed by atoms with Crippen molar-refractivity contribution in [1.29, 1.82) is 0 Å². The zero-order valence-electron chi connectivity index (χ0n) is 46.9. The average molecular weight is 1190 g/mol. The van der Waals surface area contributed by atoms with Crippen LogP contribution in [0.4, 0.5) is 0 Å². The van der Waals surface area contributed by atoms with E-state index in [0.717, 1.165) is 10.9 Å². The standard InChI is InChI=1S/C57H77N9O17S/c1-84-29-15-45(64-55(74)46(30-37-10-12-40(67)13-11-37)62-50(68)14-17-78-19-21-80-23-25-82-27-28-83-26-24-81-22-20-79-18-16-58)54(73)65-47(31-38-34-59-43-8-4-2-6-41(38)43)56(75)66-48(33-52(70)71)53(72)61-36-51(69)63-49(57(76)77)32-39-35-60-44-9-5-3-7-42(39)44/h2-13,34-35,45-49,59-60,67H,14-33,36,58H2,1H3,(H,61,72)(H,62,68)(H,63,69)(H,64,74)(H,65,73)(H,66,75)(H,70,71)(H,76,77)/t45-,46-,47-,48-,49-/m0/s1. The number of phenols is 1. The van der Waals surface area contributed by atoms with Gasteiger partial charge in [0.05, 0.1) is 92.2 Å². The van der Waals surface area contributed by atoms with E-state index in [-0.39, 0.29) is 57.7 Å². The molecule has 458 valence electrons. The number of carboxylic acids is 2. The molecule has 13 N–H and O–H groups in total. The topological polar surface area (TPSA) is 382 Å². The lowest BCUT2D eigenvalue weighted by Crippen LogP contribution is -2.59. The van der Waals surface area contributed by atoms with Crippen LogP contribution in [0.1, 0.15) is 36.0 Å². The monoisotopic (exact) mass is 1190 g/mol. The van der Waals surface area contributed by atoms with E-state index < -0.39 is 90.6 Å². The highest BCUT2D eigenvalue weighted by Crippen LogP contribution is 2.21. The molecule has 0 aliphatic rings. The van der Waals surface area contributed by atoms with E-state index in [4.69, 9.17) is 34.2 Å². The fourth-order valence-corrected chi connectivity index (χ4v) is 8.96. The molecule has 27 heteroatoms. The van der Waals surface area contributed by atoms with Crippen LogP contribution in [-0.2, 0) is 86.0 Å². The van der Waals surface area contributed by atoms with E-state index in [2.05, 4.69) is 41.9 Å². The Balaban J connectivity index is 1.18. The number of fused-ring (bicyclic) bond motifs is 2. The highest BCUT2D eigenvalue weighted by atomic mass is 32.2. The third kappa shape index (κ3) is 24.3. The number of amides is 6. The number of carbonyl (C=O) groups excluding carboxylic acids is 6. The van der Waals surface area contributed by atoms with Crippen LogP contribution >= 0.6 is 11.8 Å². The minimum absolute atomic E-state index is 0.00963. The Morgan fingerprint density at radius 1 is 0.524 bits per heavy atom. The average Bonchev–Trinajstić information content (AvgIpc) is 4.21. The lowest BCUT2D eigenvalue weighted by Gasteiger charge is -2.26. The summed E-state index contributed by atoms with van der Waals surface area (Å²) in [7, 11) is 0. The SMILES string of the molecule is CSCC[C@H](NC(=O)[C@H](Cc1ccc(O)cc1)NC(=O)CCOCCOCCOCCOCCOCCOCCN)C(=O)N[C@@H](Cc1c[nH]c2ccccc12)C(=O)N[C@@H](CC(=O)O)C(=O)NCC(=O)N[C@@H](Cc1c[nH]c2ccccc12)C(=O)O. The summed E-state index contributed by atoms with van der Waals surface area (Å²) in [5.74, 6) is -7.61. The largest absolute Gasteiger partial charge is 0.508 e. The van der Waals surface area contributed by atoms with Crippen LogP contribution in [0.2, 0.25) is 0 Å². The molecule has 3 aromatic carbocycles. The minimum atomic E-state index is -1.79. The van der Waals surface area contributed by atoms with Crippen LogP contribution in [0.25, 0.3) is 21.8 Å². The first-order valence-corrected chi connectivity index (χ1v) is 28.8. The van der Waals surface area contributed by atoms with Gasteiger partial charge >= 0.3 is 11.9 Å². The van der Waals surface area contributed by atoms with Gasteiger partial charge in [0.15, 0.2) is 0 Å². The highest BCUT2D eigenvalue weighted by Gasteiger charge is 2.33. The second-order valence-electron chi connectivity index (χ2n) is 19.1. The fraction of sp³-hybridized carbons (Fsp3) is 0.474. The highest BCUT2D eigenvalue weighted by molar-refractivity contribution is 7.98. The summed E-state index contributed by atoms with van der Waals surface area (Å²) in [4.78, 5) is 114. The van der Waals surface area contributed by atoms with Gasteiger partial charge in [-0.3, -0.25) is 33.6 Å². The van der Waals surface area contributed by atoms with Crippen molar-refractivity contribution in [2.45, 2.75) is 68.7 Å². The third-order valence-electron chi connectivity index (χ3n) is 12.8. The molecule has 2 aromatic heterocycles. The van der Waals surface area contributed by atoms with E-state index in [1.165, 1.54) is 23.9 Å². The smallest absolute Gasteiger partial charge is 0.326 e. The van der Waals surface area contributed by atoms with Gasteiger partial charge in [0, 0.05) is 66.4 Å². The maximum atomic E-state index is 14.5. The molecule has 0 fully saturated rings. The molecule has 0 aliphatic carbocycles. The van der Waals surface area contributed by atoms with Gasteiger partial charge in [-0.05, 0) is 59.4 Å². The molecule has 0 radical (unpaired) electrons. The second-order valence-corrected chi connectivity index (χ2v) is 20.1. The Bertz CT molecular complexity index is 2870. The van der Waals surface area contributed by atoms with Crippen molar-refractivity contribution in [3.05, 3.63) is 102 Å². The van der Waals surface area contributed by atoms with E-state index >= 15 is 0 Å². The van der Waals surface area contributed by atoms with Crippen LogP contribution < -0.4 is 37.6 Å². The number of nitrogens with two attached hydrogens (primary N) is 1. The number of ether oxygens (including phenoxy) is 6. The maximum Gasteiger partial charge on any atom is 0.326 e. The number of nitrogens with one attached hydrogen (secondary N) is 8. The van der Waals surface area contributed by atoms with Crippen LogP contribution in [-0.4, -0.2) is 207 Å².